The standard InChI is InChI=1S/C20H20Cl4N2O3/c1-4-5-15(27)25-12-6-7-13(21)14(8-12)26-16(28)9-29-20-18(23)10(2)17(22)11(3)19(20)24/h6-8H,4-5,9H2,1-3H3,(H,25,27)(H,26,28). The van der Waals surface area contributed by atoms with Gasteiger partial charge in [0.25, 0.3) is 5.91 Å². The van der Waals surface area contributed by atoms with Gasteiger partial charge >= 0.3 is 0 Å². The molecule has 0 aliphatic rings. The number of hydrogen-bond donors (Lipinski definition) is 2. The Morgan fingerprint density at radius 1 is 0.931 bits per heavy atom. The van der Waals surface area contributed by atoms with Gasteiger partial charge in [-0.25, -0.2) is 0 Å². The topological polar surface area (TPSA) is 67.4 Å². The summed E-state index contributed by atoms with van der Waals surface area (Å²) in [4.78, 5) is 24.1. The Kier molecular flexibility index (Phi) is 8.46. The van der Waals surface area contributed by atoms with Gasteiger partial charge in [0.2, 0.25) is 5.91 Å². The molecule has 2 aromatic rings. The van der Waals surface area contributed by atoms with Crippen LogP contribution in [-0.4, -0.2) is 18.4 Å². The van der Waals surface area contributed by atoms with Crippen molar-refractivity contribution in [3.63, 3.8) is 0 Å². The smallest absolute Gasteiger partial charge is 0.262 e. The highest BCUT2D eigenvalue weighted by Gasteiger charge is 2.19. The lowest BCUT2D eigenvalue weighted by molar-refractivity contribution is -0.118. The van der Waals surface area contributed by atoms with Crippen molar-refractivity contribution in [2.75, 3.05) is 17.2 Å². The first-order valence-corrected chi connectivity index (χ1v) is 10.3. The highest BCUT2D eigenvalue weighted by atomic mass is 35.5. The van der Waals surface area contributed by atoms with E-state index in [1.807, 2.05) is 6.92 Å². The zero-order chi connectivity index (χ0) is 21.7. The maximum Gasteiger partial charge on any atom is 0.262 e. The van der Waals surface area contributed by atoms with Gasteiger partial charge in [-0.05, 0) is 49.6 Å². The molecule has 0 spiro atoms. The summed E-state index contributed by atoms with van der Waals surface area (Å²) in [6, 6.07) is 4.81. The Morgan fingerprint density at radius 2 is 1.55 bits per heavy atom. The third-order valence-electron chi connectivity index (χ3n) is 4.06. The normalized spacial score (nSPS) is 10.6. The lowest BCUT2D eigenvalue weighted by atomic mass is 10.1. The van der Waals surface area contributed by atoms with Gasteiger partial charge in [0.1, 0.15) is 0 Å². The van der Waals surface area contributed by atoms with E-state index >= 15 is 0 Å². The van der Waals surface area contributed by atoms with E-state index < -0.39 is 5.91 Å². The van der Waals surface area contributed by atoms with Gasteiger partial charge in [-0.1, -0.05) is 53.3 Å². The minimum absolute atomic E-state index is 0.117. The minimum atomic E-state index is -0.471. The second-order valence-electron chi connectivity index (χ2n) is 6.35. The van der Waals surface area contributed by atoms with Crippen molar-refractivity contribution in [2.24, 2.45) is 0 Å². The van der Waals surface area contributed by atoms with Crippen LogP contribution in [-0.2, 0) is 9.59 Å². The van der Waals surface area contributed by atoms with E-state index in [1.54, 1.807) is 32.0 Å². The quantitative estimate of drug-likeness (QED) is 0.467. The summed E-state index contributed by atoms with van der Waals surface area (Å²) in [6.45, 7) is 5.04. The highest BCUT2D eigenvalue weighted by Crippen LogP contribution is 2.42. The number of carbonyl (C=O) groups is 2. The van der Waals surface area contributed by atoms with E-state index in [-0.39, 0.29) is 28.3 Å². The second-order valence-corrected chi connectivity index (χ2v) is 7.89. The first-order chi connectivity index (χ1) is 13.6. The molecule has 0 aromatic heterocycles. The molecule has 156 valence electrons. The number of anilines is 2. The van der Waals surface area contributed by atoms with E-state index in [1.165, 1.54) is 0 Å². The van der Waals surface area contributed by atoms with Crippen LogP contribution in [0.2, 0.25) is 20.1 Å². The molecule has 0 bridgehead atoms. The molecule has 2 N–H and O–H groups in total. The first kappa shape index (κ1) is 23.6. The summed E-state index contributed by atoms with van der Waals surface area (Å²) in [7, 11) is 0. The number of benzene rings is 2. The van der Waals surface area contributed by atoms with Crippen molar-refractivity contribution in [1.29, 1.82) is 0 Å². The number of halogens is 4. The van der Waals surface area contributed by atoms with Gasteiger partial charge in [-0.2, -0.15) is 0 Å². The van der Waals surface area contributed by atoms with E-state index in [2.05, 4.69) is 10.6 Å². The van der Waals surface area contributed by atoms with Crippen LogP contribution in [0.1, 0.15) is 30.9 Å². The summed E-state index contributed by atoms with van der Waals surface area (Å²) in [5, 5.41) is 6.66. The maximum atomic E-state index is 12.3. The third-order valence-corrected chi connectivity index (χ3v) is 5.87. The van der Waals surface area contributed by atoms with Crippen LogP contribution >= 0.6 is 46.4 Å². The number of rotatable bonds is 7. The van der Waals surface area contributed by atoms with Gasteiger partial charge in [0.05, 0.1) is 20.8 Å². The van der Waals surface area contributed by atoms with Crippen molar-refractivity contribution in [1.82, 2.24) is 0 Å². The molecule has 0 saturated heterocycles. The molecule has 0 aliphatic heterocycles. The molecule has 0 aliphatic carbocycles. The molecule has 2 amide bonds. The molecule has 0 saturated carbocycles. The molecular formula is C20H20Cl4N2O3. The monoisotopic (exact) mass is 476 g/mol. The number of carbonyl (C=O) groups excluding carboxylic acids is 2. The largest absolute Gasteiger partial charge is 0.481 e. The fourth-order valence-corrected chi connectivity index (χ4v) is 3.50. The van der Waals surface area contributed by atoms with Gasteiger partial charge in [0, 0.05) is 17.1 Å². The zero-order valence-electron chi connectivity index (χ0n) is 16.1. The number of amides is 2. The predicted molar refractivity (Wildman–Crippen MR) is 120 cm³/mol. The van der Waals surface area contributed by atoms with Gasteiger partial charge < -0.3 is 15.4 Å². The lowest BCUT2D eigenvalue weighted by Crippen LogP contribution is -2.21. The lowest BCUT2D eigenvalue weighted by Gasteiger charge is -2.16. The number of nitrogens with one attached hydrogen (secondary N) is 2. The SMILES string of the molecule is CCCC(=O)Nc1ccc(Cl)c(NC(=O)COc2c(Cl)c(C)c(Cl)c(C)c2Cl)c1. The van der Waals surface area contributed by atoms with E-state index in [0.29, 0.717) is 39.0 Å². The number of hydrogen-bond acceptors (Lipinski definition) is 3. The van der Waals surface area contributed by atoms with Crippen molar-refractivity contribution >= 4 is 69.6 Å². The van der Waals surface area contributed by atoms with Crippen molar-refractivity contribution in [3.8, 4) is 5.75 Å². The number of ether oxygens (including phenoxy) is 1. The van der Waals surface area contributed by atoms with E-state index in [0.717, 1.165) is 6.42 Å². The van der Waals surface area contributed by atoms with Crippen LogP contribution in [0.25, 0.3) is 0 Å². The third kappa shape index (κ3) is 5.92. The van der Waals surface area contributed by atoms with Gasteiger partial charge in [0.15, 0.2) is 12.4 Å². The van der Waals surface area contributed by atoms with Gasteiger partial charge in [-0.3, -0.25) is 9.59 Å². The van der Waals surface area contributed by atoms with E-state index in [4.69, 9.17) is 51.1 Å². The molecule has 29 heavy (non-hydrogen) atoms. The van der Waals surface area contributed by atoms with E-state index in [9.17, 15) is 9.59 Å². The van der Waals surface area contributed by atoms with Crippen LogP contribution in [0.15, 0.2) is 18.2 Å². The maximum absolute atomic E-state index is 12.3. The first-order valence-electron chi connectivity index (χ1n) is 8.81. The van der Waals surface area contributed by atoms with Crippen LogP contribution < -0.4 is 15.4 Å². The van der Waals surface area contributed by atoms with Crippen molar-refractivity contribution < 1.29 is 14.3 Å². The molecule has 5 nitrogen and oxygen atoms in total. The van der Waals surface area contributed by atoms with Crippen LogP contribution in [0.4, 0.5) is 11.4 Å². The summed E-state index contributed by atoms with van der Waals surface area (Å²) in [5.74, 6) is -0.399. The average molecular weight is 478 g/mol. The Morgan fingerprint density at radius 3 is 2.14 bits per heavy atom. The summed E-state index contributed by atoms with van der Waals surface area (Å²) in [6.07, 6.45) is 1.13. The van der Waals surface area contributed by atoms with Crippen LogP contribution in [0.3, 0.4) is 0 Å². The van der Waals surface area contributed by atoms with Crippen LogP contribution in [0, 0.1) is 13.8 Å². The molecule has 2 rings (SSSR count). The average Bonchev–Trinajstić information content (AvgIpc) is 2.67. The Hall–Kier alpha value is -1.66. The fourth-order valence-electron chi connectivity index (χ4n) is 2.51. The molecule has 0 atom stereocenters. The molecule has 0 radical (unpaired) electrons. The second kappa shape index (κ2) is 10.4. The van der Waals surface area contributed by atoms with Gasteiger partial charge in [-0.15, -0.1) is 0 Å². The summed E-state index contributed by atoms with van der Waals surface area (Å²) < 4.78 is 5.54. The molecule has 2 aromatic carbocycles. The van der Waals surface area contributed by atoms with Crippen LogP contribution in [0.5, 0.6) is 5.75 Å². The molecule has 0 unspecified atom stereocenters. The summed E-state index contributed by atoms with van der Waals surface area (Å²) >= 11 is 24.8. The predicted octanol–water partition coefficient (Wildman–Crippen LogP) is 6.67. The summed E-state index contributed by atoms with van der Waals surface area (Å²) in [5.41, 5.74) is 2.10. The Balaban J connectivity index is 2.10. The molecule has 0 fully saturated rings. The fraction of sp³-hybridized carbons (Fsp3) is 0.300. The minimum Gasteiger partial charge on any atom is -0.481 e. The zero-order valence-corrected chi connectivity index (χ0v) is 19.1. The molecular weight excluding hydrogens is 458 g/mol. The Labute approximate surface area is 189 Å². The van der Waals surface area contributed by atoms with Crippen molar-refractivity contribution in [3.05, 3.63) is 49.4 Å². The highest BCUT2D eigenvalue weighted by molar-refractivity contribution is 6.42. The van der Waals surface area contributed by atoms with Crippen molar-refractivity contribution in [2.45, 2.75) is 33.6 Å². The Bertz CT molecular complexity index is 919. The molecule has 9 heteroatoms. The molecule has 0 heterocycles.